The predicted molar refractivity (Wildman–Crippen MR) is 48.5 cm³/mol. The summed E-state index contributed by atoms with van der Waals surface area (Å²) in [6, 6.07) is 0. The van der Waals surface area contributed by atoms with E-state index < -0.39 is 6.10 Å². The molecule has 2 aliphatic rings. The Labute approximate surface area is 82.3 Å². The number of rotatable bonds is 2. The average molecular weight is 194 g/mol. The SMILES string of the molecule is CC(O)c1noc(C2C3CCCC32)n1. The largest absolute Gasteiger partial charge is 0.385 e. The van der Waals surface area contributed by atoms with Gasteiger partial charge in [-0.2, -0.15) is 4.98 Å². The maximum absolute atomic E-state index is 9.26. The molecule has 1 aromatic rings. The van der Waals surface area contributed by atoms with Crippen molar-refractivity contribution in [2.45, 2.75) is 38.2 Å². The number of hydrogen-bond donors (Lipinski definition) is 1. The number of aliphatic hydroxyl groups excluding tert-OH is 1. The van der Waals surface area contributed by atoms with Gasteiger partial charge < -0.3 is 9.63 Å². The summed E-state index contributed by atoms with van der Waals surface area (Å²) in [6.45, 7) is 1.66. The van der Waals surface area contributed by atoms with Gasteiger partial charge in [0.2, 0.25) is 5.89 Å². The van der Waals surface area contributed by atoms with Crippen molar-refractivity contribution in [3.8, 4) is 0 Å². The Morgan fingerprint density at radius 2 is 2.14 bits per heavy atom. The van der Waals surface area contributed by atoms with E-state index in [1.54, 1.807) is 6.92 Å². The van der Waals surface area contributed by atoms with Gasteiger partial charge in [0, 0.05) is 5.92 Å². The minimum atomic E-state index is -0.619. The van der Waals surface area contributed by atoms with E-state index in [0.29, 0.717) is 11.7 Å². The standard InChI is InChI=1S/C10H14N2O2/c1-5(13)9-11-10(14-12-9)8-6-3-2-4-7(6)8/h5-8,13H,2-4H2,1H3. The second-order valence-electron chi connectivity index (χ2n) is 4.45. The van der Waals surface area contributed by atoms with Gasteiger partial charge in [-0.3, -0.25) is 0 Å². The summed E-state index contributed by atoms with van der Waals surface area (Å²) >= 11 is 0. The highest BCUT2D eigenvalue weighted by Gasteiger charge is 2.56. The second-order valence-corrected chi connectivity index (χ2v) is 4.45. The lowest BCUT2D eigenvalue weighted by Crippen LogP contribution is -1.94. The lowest BCUT2D eigenvalue weighted by atomic mass is 10.1. The molecule has 4 heteroatoms. The molecule has 3 atom stereocenters. The lowest BCUT2D eigenvalue weighted by molar-refractivity contribution is 0.184. The quantitative estimate of drug-likeness (QED) is 0.777. The summed E-state index contributed by atoms with van der Waals surface area (Å²) in [5, 5.41) is 13.0. The van der Waals surface area contributed by atoms with E-state index in [0.717, 1.165) is 17.7 Å². The zero-order valence-electron chi connectivity index (χ0n) is 8.18. The van der Waals surface area contributed by atoms with Crippen LogP contribution in [-0.4, -0.2) is 15.2 Å². The van der Waals surface area contributed by atoms with Gasteiger partial charge in [0.05, 0.1) is 0 Å². The number of aliphatic hydroxyl groups is 1. The van der Waals surface area contributed by atoms with Crippen LogP contribution in [0, 0.1) is 11.8 Å². The van der Waals surface area contributed by atoms with Gasteiger partial charge in [0.25, 0.3) is 0 Å². The number of fused-ring (bicyclic) bond motifs is 1. The summed E-state index contributed by atoms with van der Waals surface area (Å²) in [6.07, 6.45) is 3.35. The van der Waals surface area contributed by atoms with Gasteiger partial charge in [0.1, 0.15) is 6.10 Å². The smallest absolute Gasteiger partial charge is 0.230 e. The van der Waals surface area contributed by atoms with E-state index in [9.17, 15) is 5.11 Å². The maximum Gasteiger partial charge on any atom is 0.230 e. The van der Waals surface area contributed by atoms with Crippen molar-refractivity contribution in [1.82, 2.24) is 10.1 Å². The number of nitrogens with zero attached hydrogens (tertiary/aromatic N) is 2. The summed E-state index contributed by atoms with van der Waals surface area (Å²) in [5.74, 6) is 3.25. The average Bonchev–Trinajstić information content (AvgIpc) is 2.63. The van der Waals surface area contributed by atoms with Gasteiger partial charge in [-0.05, 0) is 31.6 Å². The zero-order valence-corrected chi connectivity index (χ0v) is 8.18. The van der Waals surface area contributed by atoms with Gasteiger partial charge >= 0.3 is 0 Å². The van der Waals surface area contributed by atoms with Crippen LogP contribution in [0.1, 0.15) is 49.9 Å². The first-order chi connectivity index (χ1) is 6.77. The summed E-state index contributed by atoms with van der Waals surface area (Å²) in [5.41, 5.74) is 0. The highest BCUT2D eigenvalue weighted by atomic mass is 16.5. The van der Waals surface area contributed by atoms with Crippen LogP contribution in [0.4, 0.5) is 0 Å². The molecule has 76 valence electrons. The molecule has 0 aromatic carbocycles. The van der Waals surface area contributed by atoms with Gasteiger partial charge in [-0.25, -0.2) is 0 Å². The Bertz CT molecular complexity index is 338. The Hall–Kier alpha value is -0.900. The van der Waals surface area contributed by atoms with Gasteiger partial charge in [-0.15, -0.1) is 0 Å². The van der Waals surface area contributed by atoms with E-state index in [1.165, 1.54) is 19.3 Å². The molecule has 1 heterocycles. The third-order valence-electron chi connectivity index (χ3n) is 3.52. The van der Waals surface area contributed by atoms with Crippen molar-refractivity contribution >= 4 is 0 Å². The summed E-state index contributed by atoms with van der Waals surface area (Å²) in [4.78, 5) is 4.23. The molecule has 0 aliphatic heterocycles. The van der Waals surface area contributed by atoms with Crippen molar-refractivity contribution in [2.75, 3.05) is 0 Å². The van der Waals surface area contributed by atoms with Crippen LogP contribution < -0.4 is 0 Å². The fourth-order valence-electron chi connectivity index (χ4n) is 2.74. The molecule has 1 N–H and O–H groups in total. The molecule has 4 nitrogen and oxygen atoms in total. The van der Waals surface area contributed by atoms with Crippen LogP contribution in [0.3, 0.4) is 0 Å². The Morgan fingerprint density at radius 3 is 2.71 bits per heavy atom. The maximum atomic E-state index is 9.26. The molecular weight excluding hydrogens is 180 g/mol. The zero-order chi connectivity index (χ0) is 9.71. The first-order valence-corrected chi connectivity index (χ1v) is 5.29. The molecule has 3 unspecified atom stereocenters. The molecule has 2 saturated carbocycles. The van der Waals surface area contributed by atoms with Crippen molar-refractivity contribution in [3.63, 3.8) is 0 Å². The monoisotopic (exact) mass is 194 g/mol. The van der Waals surface area contributed by atoms with Crippen LogP contribution in [0.5, 0.6) is 0 Å². The third kappa shape index (κ3) is 1.10. The van der Waals surface area contributed by atoms with Crippen LogP contribution >= 0.6 is 0 Å². The Kier molecular flexibility index (Phi) is 1.68. The fourth-order valence-corrected chi connectivity index (χ4v) is 2.74. The van der Waals surface area contributed by atoms with E-state index in [4.69, 9.17) is 4.52 Å². The molecular formula is C10H14N2O2. The predicted octanol–water partition coefficient (Wildman–Crippen LogP) is 1.64. The molecule has 3 rings (SSSR count). The van der Waals surface area contributed by atoms with Crippen LogP contribution in [0.15, 0.2) is 4.52 Å². The number of hydrogen-bond acceptors (Lipinski definition) is 4. The molecule has 14 heavy (non-hydrogen) atoms. The first-order valence-electron chi connectivity index (χ1n) is 5.29. The molecule has 0 spiro atoms. The van der Waals surface area contributed by atoms with Gasteiger partial charge in [0.15, 0.2) is 5.82 Å². The van der Waals surface area contributed by atoms with E-state index >= 15 is 0 Å². The minimum absolute atomic E-state index is 0.421. The minimum Gasteiger partial charge on any atom is -0.385 e. The van der Waals surface area contributed by atoms with Crippen molar-refractivity contribution in [1.29, 1.82) is 0 Å². The highest BCUT2D eigenvalue weighted by Crippen LogP contribution is 2.62. The molecule has 0 saturated heterocycles. The molecule has 0 amide bonds. The molecule has 2 fully saturated rings. The van der Waals surface area contributed by atoms with Crippen LogP contribution in [-0.2, 0) is 0 Å². The molecule has 0 radical (unpaired) electrons. The Morgan fingerprint density at radius 1 is 1.43 bits per heavy atom. The molecule has 0 bridgehead atoms. The number of aromatic nitrogens is 2. The fraction of sp³-hybridized carbons (Fsp3) is 0.800. The normalized spacial score (nSPS) is 36.9. The van der Waals surface area contributed by atoms with Crippen molar-refractivity contribution < 1.29 is 9.63 Å². The molecule has 2 aliphatic carbocycles. The third-order valence-corrected chi connectivity index (χ3v) is 3.52. The first kappa shape index (κ1) is 8.41. The lowest BCUT2D eigenvalue weighted by Gasteiger charge is -1.95. The topological polar surface area (TPSA) is 59.2 Å². The second kappa shape index (κ2) is 2.79. The Balaban J connectivity index is 1.78. The van der Waals surface area contributed by atoms with Gasteiger partial charge in [-0.1, -0.05) is 11.6 Å². The van der Waals surface area contributed by atoms with E-state index in [1.807, 2.05) is 0 Å². The van der Waals surface area contributed by atoms with Crippen molar-refractivity contribution in [3.05, 3.63) is 11.7 Å². The van der Waals surface area contributed by atoms with Crippen molar-refractivity contribution in [2.24, 2.45) is 11.8 Å². The van der Waals surface area contributed by atoms with Crippen LogP contribution in [0.25, 0.3) is 0 Å². The summed E-state index contributed by atoms with van der Waals surface area (Å²) < 4.78 is 5.17. The summed E-state index contributed by atoms with van der Waals surface area (Å²) in [7, 11) is 0. The van der Waals surface area contributed by atoms with E-state index in [2.05, 4.69) is 10.1 Å². The molecule has 1 aromatic heterocycles. The van der Waals surface area contributed by atoms with E-state index in [-0.39, 0.29) is 0 Å². The highest BCUT2D eigenvalue weighted by molar-refractivity contribution is 5.16. The van der Waals surface area contributed by atoms with Crippen LogP contribution in [0.2, 0.25) is 0 Å².